The predicted molar refractivity (Wildman–Crippen MR) is 57.0 cm³/mol. The summed E-state index contributed by atoms with van der Waals surface area (Å²) in [4.78, 5) is 10.3. The van der Waals surface area contributed by atoms with E-state index in [0.29, 0.717) is 0 Å². The standard InChI is InChI=1S/C8H15F3N2O4S/c1-4(18(13,16)17)6(12)2-5(3-7(14)15)8(9,10)11/h4-6H,2-3,12H2,1H3,(H,14,15)(H2,13,16,17)/t4-,5+,6-/m1/s1. The van der Waals surface area contributed by atoms with E-state index in [9.17, 15) is 26.4 Å². The zero-order chi connectivity index (χ0) is 14.7. The molecule has 0 unspecified atom stereocenters. The minimum absolute atomic E-state index is 0.812. The van der Waals surface area contributed by atoms with Crippen molar-refractivity contribution in [1.82, 2.24) is 0 Å². The van der Waals surface area contributed by atoms with Gasteiger partial charge in [-0.05, 0) is 13.3 Å². The van der Waals surface area contributed by atoms with Crippen molar-refractivity contribution in [2.24, 2.45) is 16.8 Å². The Hall–Kier alpha value is -0.870. The third-order valence-electron chi connectivity index (χ3n) is 2.56. The van der Waals surface area contributed by atoms with Crippen LogP contribution in [0.25, 0.3) is 0 Å². The quantitative estimate of drug-likeness (QED) is 0.637. The molecule has 0 fully saturated rings. The molecule has 0 aliphatic rings. The van der Waals surface area contributed by atoms with Crippen molar-refractivity contribution in [2.45, 2.75) is 37.2 Å². The molecule has 0 bridgehead atoms. The number of hydrogen-bond acceptors (Lipinski definition) is 4. The summed E-state index contributed by atoms with van der Waals surface area (Å²) in [6.07, 6.45) is -6.73. The molecule has 0 heterocycles. The van der Waals surface area contributed by atoms with Crippen LogP contribution in [0.5, 0.6) is 0 Å². The van der Waals surface area contributed by atoms with Crippen LogP contribution in [0.1, 0.15) is 19.8 Å². The van der Waals surface area contributed by atoms with E-state index in [-0.39, 0.29) is 0 Å². The zero-order valence-corrected chi connectivity index (χ0v) is 10.3. The second kappa shape index (κ2) is 5.85. The van der Waals surface area contributed by atoms with Crippen LogP contribution < -0.4 is 10.9 Å². The third kappa shape index (κ3) is 5.65. The molecule has 3 atom stereocenters. The fourth-order valence-electron chi connectivity index (χ4n) is 1.31. The van der Waals surface area contributed by atoms with Crippen LogP contribution in [-0.2, 0) is 14.8 Å². The van der Waals surface area contributed by atoms with Gasteiger partial charge >= 0.3 is 12.1 Å². The lowest BCUT2D eigenvalue weighted by atomic mass is 9.95. The molecule has 0 saturated carbocycles. The van der Waals surface area contributed by atoms with Gasteiger partial charge in [0.05, 0.1) is 17.6 Å². The molecule has 6 nitrogen and oxygen atoms in total. The normalized spacial score (nSPS) is 18.1. The molecule has 0 saturated heterocycles. The lowest BCUT2D eigenvalue weighted by Crippen LogP contribution is -2.44. The van der Waals surface area contributed by atoms with Crippen LogP contribution in [0.4, 0.5) is 13.2 Å². The lowest BCUT2D eigenvalue weighted by Gasteiger charge is -2.24. The minimum Gasteiger partial charge on any atom is -0.481 e. The van der Waals surface area contributed by atoms with Crippen LogP contribution >= 0.6 is 0 Å². The first-order chi connectivity index (χ1) is 7.85. The van der Waals surface area contributed by atoms with Crippen molar-refractivity contribution in [3.8, 4) is 0 Å². The number of hydrogen-bond donors (Lipinski definition) is 3. The summed E-state index contributed by atoms with van der Waals surface area (Å²) in [7, 11) is -4.06. The first kappa shape index (κ1) is 17.1. The van der Waals surface area contributed by atoms with E-state index < -0.39 is 52.2 Å². The number of alkyl halides is 3. The molecule has 0 aliphatic carbocycles. The third-order valence-corrected chi connectivity index (χ3v) is 3.95. The summed E-state index contributed by atoms with van der Waals surface area (Å²) >= 11 is 0. The largest absolute Gasteiger partial charge is 0.481 e. The van der Waals surface area contributed by atoms with Gasteiger partial charge in [0.2, 0.25) is 10.0 Å². The summed E-state index contributed by atoms with van der Waals surface area (Å²) < 4.78 is 59.4. The summed E-state index contributed by atoms with van der Waals surface area (Å²) in [5, 5.41) is 11.8. The number of rotatable bonds is 6. The van der Waals surface area contributed by atoms with Crippen LogP contribution in [0, 0.1) is 5.92 Å². The molecule has 0 rings (SSSR count). The molecule has 0 amide bonds. The van der Waals surface area contributed by atoms with Gasteiger partial charge in [0.15, 0.2) is 0 Å². The first-order valence-corrected chi connectivity index (χ1v) is 6.52. The highest BCUT2D eigenvalue weighted by atomic mass is 32.2. The molecule has 0 aliphatic heterocycles. The minimum atomic E-state index is -4.76. The van der Waals surface area contributed by atoms with E-state index in [2.05, 4.69) is 0 Å². The molecule has 0 spiro atoms. The highest BCUT2D eigenvalue weighted by molar-refractivity contribution is 7.89. The second-order valence-electron chi connectivity index (χ2n) is 4.03. The van der Waals surface area contributed by atoms with Gasteiger partial charge < -0.3 is 10.8 Å². The van der Waals surface area contributed by atoms with Crippen LogP contribution in [0.15, 0.2) is 0 Å². The van der Waals surface area contributed by atoms with Gasteiger partial charge in [-0.15, -0.1) is 0 Å². The fraction of sp³-hybridized carbons (Fsp3) is 0.875. The number of carboxylic acids is 1. The smallest absolute Gasteiger partial charge is 0.392 e. The zero-order valence-electron chi connectivity index (χ0n) is 9.52. The molecule has 0 aromatic rings. The number of sulfonamides is 1. The topological polar surface area (TPSA) is 123 Å². The van der Waals surface area contributed by atoms with Crippen LogP contribution in [0.3, 0.4) is 0 Å². The van der Waals surface area contributed by atoms with Gasteiger partial charge in [0.25, 0.3) is 0 Å². The average Bonchev–Trinajstić information content (AvgIpc) is 2.11. The van der Waals surface area contributed by atoms with E-state index in [1.54, 1.807) is 0 Å². The number of primary sulfonamides is 1. The van der Waals surface area contributed by atoms with Gasteiger partial charge in [0.1, 0.15) is 0 Å². The summed E-state index contributed by atoms with van der Waals surface area (Å²) in [5.41, 5.74) is 5.32. The van der Waals surface area contributed by atoms with Crippen molar-refractivity contribution in [3.05, 3.63) is 0 Å². The number of aliphatic carboxylic acids is 1. The highest BCUT2D eigenvalue weighted by Gasteiger charge is 2.43. The van der Waals surface area contributed by atoms with Crippen molar-refractivity contribution in [2.75, 3.05) is 0 Å². The van der Waals surface area contributed by atoms with Gasteiger partial charge in [-0.3, -0.25) is 4.79 Å². The Labute approximate surface area is 102 Å². The van der Waals surface area contributed by atoms with Crippen molar-refractivity contribution < 1.29 is 31.5 Å². The molecular formula is C8H15F3N2O4S. The lowest BCUT2D eigenvalue weighted by molar-refractivity contribution is -0.185. The van der Waals surface area contributed by atoms with Gasteiger partial charge in [-0.2, -0.15) is 13.2 Å². The Balaban J connectivity index is 4.84. The average molecular weight is 292 g/mol. The summed E-state index contributed by atoms with van der Waals surface area (Å²) in [6.45, 7) is 1.08. The first-order valence-electron chi connectivity index (χ1n) is 4.91. The van der Waals surface area contributed by atoms with E-state index >= 15 is 0 Å². The number of carbonyl (C=O) groups is 1. The maximum atomic E-state index is 12.5. The van der Waals surface area contributed by atoms with Crippen molar-refractivity contribution in [3.63, 3.8) is 0 Å². The maximum absolute atomic E-state index is 12.5. The Bertz CT molecular complexity index is 396. The molecule has 10 heteroatoms. The molecule has 0 aromatic carbocycles. The molecule has 108 valence electrons. The van der Waals surface area contributed by atoms with Gasteiger partial charge in [0, 0.05) is 6.04 Å². The van der Waals surface area contributed by atoms with Crippen LogP contribution in [-0.4, -0.2) is 37.0 Å². The SMILES string of the molecule is C[C@H]([C@H](N)C[C@@H](CC(=O)O)C(F)(F)F)S(N)(=O)=O. The maximum Gasteiger partial charge on any atom is 0.392 e. The van der Waals surface area contributed by atoms with E-state index in [1.165, 1.54) is 0 Å². The Morgan fingerprint density at radius 3 is 2.11 bits per heavy atom. The molecule has 0 aromatic heterocycles. The number of nitrogens with two attached hydrogens (primary N) is 2. The van der Waals surface area contributed by atoms with Gasteiger partial charge in [-0.1, -0.05) is 0 Å². The second-order valence-corrected chi connectivity index (χ2v) is 5.95. The fourth-order valence-corrected chi connectivity index (χ4v) is 1.91. The Morgan fingerprint density at radius 2 is 1.83 bits per heavy atom. The highest BCUT2D eigenvalue weighted by Crippen LogP contribution is 2.32. The van der Waals surface area contributed by atoms with Gasteiger partial charge in [-0.25, -0.2) is 13.6 Å². The molecule has 18 heavy (non-hydrogen) atoms. The number of carboxylic acid groups (broad SMARTS) is 1. The van der Waals surface area contributed by atoms with E-state index in [1.807, 2.05) is 0 Å². The molecule has 0 radical (unpaired) electrons. The summed E-state index contributed by atoms with van der Waals surface area (Å²) in [6, 6.07) is -1.38. The van der Waals surface area contributed by atoms with E-state index in [0.717, 1.165) is 6.92 Å². The van der Waals surface area contributed by atoms with Crippen molar-refractivity contribution >= 4 is 16.0 Å². The molecular weight excluding hydrogens is 277 g/mol. The summed E-state index contributed by atoms with van der Waals surface area (Å²) in [5.74, 6) is -3.83. The predicted octanol–water partition coefficient (Wildman–Crippen LogP) is 0.0340. The monoisotopic (exact) mass is 292 g/mol. The van der Waals surface area contributed by atoms with Crippen LogP contribution in [0.2, 0.25) is 0 Å². The Kier molecular flexibility index (Phi) is 5.56. The van der Waals surface area contributed by atoms with E-state index in [4.69, 9.17) is 16.0 Å². The Morgan fingerprint density at radius 1 is 1.39 bits per heavy atom. The number of halogens is 3. The molecule has 5 N–H and O–H groups in total. The van der Waals surface area contributed by atoms with Crippen molar-refractivity contribution in [1.29, 1.82) is 0 Å².